The molecule has 1 aliphatic heterocycles. The molecule has 0 aromatic rings. The van der Waals surface area contributed by atoms with Gasteiger partial charge in [0.05, 0.1) is 12.6 Å². The van der Waals surface area contributed by atoms with Crippen LogP contribution in [0.5, 0.6) is 0 Å². The zero-order valence-electron chi connectivity index (χ0n) is 10.1. The fourth-order valence-electron chi connectivity index (χ4n) is 2.13. The Morgan fingerprint density at radius 1 is 1.67 bits per heavy atom. The molecule has 1 saturated heterocycles. The van der Waals surface area contributed by atoms with Crippen molar-refractivity contribution in [3.05, 3.63) is 0 Å². The maximum absolute atomic E-state index is 11.7. The molecule has 0 unspecified atom stereocenters. The summed E-state index contributed by atoms with van der Waals surface area (Å²) in [7, 11) is 1.70. The summed E-state index contributed by atoms with van der Waals surface area (Å²) in [5.74, 6) is 0.451. The SMILES string of the molecule is COC[C@@H]1CN(C(=O)[C@H](C)N)CC1(C)C. The normalized spacial score (nSPS) is 26.7. The van der Waals surface area contributed by atoms with Crippen LogP contribution < -0.4 is 5.73 Å². The molecule has 1 rings (SSSR count). The Labute approximate surface area is 91.8 Å². The van der Waals surface area contributed by atoms with Gasteiger partial charge in [-0.05, 0) is 12.3 Å². The number of amides is 1. The first-order chi connectivity index (χ1) is 6.88. The van der Waals surface area contributed by atoms with E-state index in [0.717, 1.165) is 13.1 Å². The second kappa shape index (κ2) is 4.49. The molecule has 2 N–H and O–H groups in total. The molecule has 4 heteroatoms. The van der Waals surface area contributed by atoms with Crippen LogP contribution in [0.25, 0.3) is 0 Å². The molecule has 1 aliphatic rings. The van der Waals surface area contributed by atoms with Gasteiger partial charge in [0.15, 0.2) is 0 Å². The Morgan fingerprint density at radius 2 is 2.27 bits per heavy atom. The minimum Gasteiger partial charge on any atom is -0.384 e. The minimum absolute atomic E-state index is 0.0432. The van der Waals surface area contributed by atoms with Gasteiger partial charge >= 0.3 is 0 Å². The van der Waals surface area contributed by atoms with E-state index in [0.29, 0.717) is 12.5 Å². The van der Waals surface area contributed by atoms with Crippen molar-refractivity contribution in [1.29, 1.82) is 0 Å². The summed E-state index contributed by atoms with van der Waals surface area (Å²) in [4.78, 5) is 13.6. The number of carbonyl (C=O) groups is 1. The van der Waals surface area contributed by atoms with Gasteiger partial charge in [-0.25, -0.2) is 0 Å². The molecule has 4 nitrogen and oxygen atoms in total. The number of nitrogens with zero attached hydrogens (tertiary/aromatic N) is 1. The van der Waals surface area contributed by atoms with Gasteiger partial charge in [0.25, 0.3) is 0 Å². The van der Waals surface area contributed by atoms with Crippen LogP contribution in [0.3, 0.4) is 0 Å². The van der Waals surface area contributed by atoms with Crippen LogP contribution >= 0.6 is 0 Å². The van der Waals surface area contributed by atoms with Crippen molar-refractivity contribution in [3.8, 4) is 0 Å². The van der Waals surface area contributed by atoms with Gasteiger partial charge in [0.2, 0.25) is 5.91 Å². The van der Waals surface area contributed by atoms with Crippen molar-refractivity contribution in [3.63, 3.8) is 0 Å². The minimum atomic E-state index is -0.401. The van der Waals surface area contributed by atoms with Crippen LogP contribution in [0, 0.1) is 11.3 Å². The van der Waals surface area contributed by atoms with Gasteiger partial charge in [-0.15, -0.1) is 0 Å². The van der Waals surface area contributed by atoms with Crippen LogP contribution in [0.2, 0.25) is 0 Å². The third kappa shape index (κ3) is 2.69. The highest BCUT2D eigenvalue weighted by Crippen LogP contribution is 2.35. The van der Waals surface area contributed by atoms with Crippen LogP contribution in [-0.2, 0) is 9.53 Å². The van der Waals surface area contributed by atoms with Crippen molar-refractivity contribution in [2.45, 2.75) is 26.8 Å². The number of hydrogen-bond acceptors (Lipinski definition) is 3. The van der Waals surface area contributed by atoms with Crippen molar-refractivity contribution < 1.29 is 9.53 Å². The van der Waals surface area contributed by atoms with E-state index in [-0.39, 0.29) is 11.3 Å². The number of rotatable bonds is 3. The fourth-order valence-corrected chi connectivity index (χ4v) is 2.13. The number of carbonyl (C=O) groups excluding carboxylic acids is 1. The Morgan fingerprint density at radius 3 is 2.73 bits per heavy atom. The van der Waals surface area contributed by atoms with E-state index in [2.05, 4.69) is 13.8 Å². The van der Waals surface area contributed by atoms with Crippen molar-refractivity contribution in [2.75, 3.05) is 26.8 Å². The monoisotopic (exact) mass is 214 g/mol. The van der Waals surface area contributed by atoms with Gasteiger partial charge in [-0.1, -0.05) is 13.8 Å². The second-order valence-corrected chi connectivity index (χ2v) is 5.15. The van der Waals surface area contributed by atoms with Gasteiger partial charge in [0.1, 0.15) is 0 Å². The fraction of sp³-hybridized carbons (Fsp3) is 0.909. The number of likely N-dealkylation sites (tertiary alicyclic amines) is 1. The molecule has 1 heterocycles. The van der Waals surface area contributed by atoms with E-state index >= 15 is 0 Å². The second-order valence-electron chi connectivity index (χ2n) is 5.15. The third-order valence-corrected chi connectivity index (χ3v) is 3.21. The molecule has 0 spiro atoms. The number of ether oxygens (including phenoxy) is 1. The van der Waals surface area contributed by atoms with Crippen LogP contribution in [0.1, 0.15) is 20.8 Å². The van der Waals surface area contributed by atoms with E-state index < -0.39 is 6.04 Å². The average Bonchev–Trinajstić information content (AvgIpc) is 2.41. The summed E-state index contributed by atoms with van der Waals surface area (Å²) in [5, 5.41) is 0. The third-order valence-electron chi connectivity index (χ3n) is 3.21. The molecular weight excluding hydrogens is 192 g/mol. The lowest BCUT2D eigenvalue weighted by Crippen LogP contribution is -2.41. The summed E-state index contributed by atoms with van der Waals surface area (Å²) in [5.41, 5.74) is 5.73. The highest BCUT2D eigenvalue weighted by molar-refractivity contribution is 5.81. The molecule has 0 saturated carbocycles. The van der Waals surface area contributed by atoms with Gasteiger partial charge in [0, 0.05) is 26.1 Å². The topological polar surface area (TPSA) is 55.6 Å². The summed E-state index contributed by atoms with van der Waals surface area (Å²) < 4.78 is 5.18. The Kier molecular flexibility index (Phi) is 3.73. The Balaban J connectivity index is 2.65. The predicted molar refractivity (Wildman–Crippen MR) is 59.4 cm³/mol. The lowest BCUT2D eigenvalue weighted by Gasteiger charge is -2.24. The largest absolute Gasteiger partial charge is 0.384 e. The van der Waals surface area contributed by atoms with E-state index in [1.165, 1.54) is 0 Å². The van der Waals surface area contributed by atoms with Crippen LogP contribution in [0.4, 0.5) is 0 Å². The molecule has 2 atom stereocenters. The molecule has 1 fully saturated rings. The zero-order valence-corrected chi connectivity index (χ0v) is 10.1. The first-order valence-electron chi connectivity index (χ1n) is 5.42. The van der Waals surface area contributed by atoms with Crippen molar-refractivity contribution in [1.82, 2.24) is 4.90 Å². The molecule has 0 aliphatic carbocycles. The molecule has 1 amide bonds. The maximum atomic E-state index is 11.7. The predicted octanol–water partition coefficient (Wildman–Crippen LogP) is 0.465. The van der Waals surface area contributed by atoms with E-state index in [1.807, 2.05) is 4.90 Å². The molecule has 0 aromatic carbocycles. The molecule has 88 valence electrons. The van der Waals surface area contributed by atoms with E-state index in [4.69, 9.17) is 10.5 Å². The van der Waals surface area contributed by atoms with Crippen LogP contribution in [-0.4, -0.2) is 43.7 Å². The molecule has 0 aromatic heterocycles. The van der Waals surface area contributed by atoms with Gasteiger partial charge in [-0.2, -0.15) is 0 Å². The Bertz CT molecular complexity index is 239. The number of nitrogens with two attached hydrogens (primary N) is 1. The van der Waals surface area contributed by atoms with E-state index in [1.54, 1.807) is 14.0 Å². The number of methoxy groups -OCH3 is 1. The summed E-state index contributed by atoms with van der Waals surface area (Å²) in [6, 6.07) is -0.401. The summed E-state index contributed by atoms with van der Waals surface area (Å²) in [6.45, 7) is 8.33. The van der Waals surface area contributed by atoms with Crippen molar-refractivity contribution in [2.24, 2.45) is 17.1 Å². The van der Waals surface area contributed by atoms with Crippen molar-refractivity contribution >= 4 is 5.91 Å². The lowest BCUT2D eigenvalue weighted by molar-refractivity contribution is -0.131. The molecule has 15 heavy (non-hydrogen) atoms. The molecular formula is C11H22N2O2. The first kappa shape index (κ1) is 12.5. The zero-order chi connectivity index (χ0) is 11.6. The van der Waals surface area contributed by atoms with Gasteiger partial charge < -0.3 is 15.4 Å². The molecule has 0 bridgehead atoms. The summed E-state index contributed by atoms with van der Waals surface area (Å²) >= 11 is 0. The Hall–Kier alpha value is -0.610. The maximum Gasteiger partial charge on any atom is 0.239 e. The molecule has 0 radical (unpaired) electrons. The smallest absolute Gasteiger partial charge is 0.239 e. The van der Waals surface area contributed by atoms with E-state index in [9.17, 15) is 4.79 Å². The summed E-state index contributed by atoms with van der Waals surface area (Å²) in [6.07, 6.45) is 0. The average molecular weight is 214 g/mol. The quantitative estimate of drug-likeness (QED) is 0.743. The number of hydrogen-bond donors (Lipinski definition) is 1. The van der Waals surface area contributed by atoms with Gasteiger partial charge in [-0.3, -0.25) is 4.79 Å². The first-order valence-corrected chi connectivity index (χ1v) is 5.42. The van der Waals surface area contributed by atoms with Crippen LogP contribution in [0.15, 0.2) is 0 Å². The highest BCUT2D eigenvalue weighted by Gasteiger charge is 2.41. The highest BCUT2D eigenvalue weighted by atomic mass is 16.5. The lowest BCUT2D eigenvalue weighted by atomic mass is 9.83. The standard InChI is InChI=1S/C11H22N2O2/c1-8(12)10(14)13-5-9(6-15-4)11(2,3)7-13/h8-9H,5-7,12H2,1-4H3/t8-,9-/m0/s1.